The number of aryl methyl sites for hydroxylation is 1. The molecule has 1 aliphatic heterocycles. The maximum atomic E-state index is 13.1. The van der Waals surface area contributed by atoms with Crippen LogP contribution in [0.4, 0.5) is 14.9 Å². The Labute approximate surface area is 227 Å². The van der Waals surface area contributed by atoms with Crippen LogP contribution in [0.5, 0.6) is 11.5 Å². The molecule has 10 heteroatoms. The molecule has 1 saturated heterocycles. The fraction of sp³-hybridized carbons (Fsp3) is 0.179. The minimum absolute atomic E-state index is 0.129. The molecule has 8 nitrogen and oxygen atoms in total. The van der Waals surface area contributed by atoms with E-state index in [4.69, 9.17) is 9.47 Å². The van der Waals surface area contributed by atoms with Crippen LogP contribution in [-0.4, -0.2) is 36.0 Å². The number of hydrogen-bond acceptors (Lipinski definition) is 5. The van der Waals surface area contributed by atoms with Crippen LogP contribution < -0.4 is 20.1 Å². The van der Waals surface area contributed by atoms with Gasteiger partial charge < -0.3 is 20.1 Å². The summed E-state index contributed by atoms with van der Waals surface area (Å²) >= 11 is 3.44. The van der Waals surface area contributed by atoms with Crippen molar-refractivity contribution in [2.24, 2.45) is 0 Å². The van der Waals surface area contributed by atoms with E-state index in [0.29, 0.717) is 33.8 Å². The molecule has 1 heterocycles. The standard InChI is InChI=1S/C28H25BrFN3O5/c1-3-37-24-14-19(12-22(29)26(24)38-16-25(34)31-21-9-7-20(30)8-10-21)13-23-27(35)33(28(36)32-23)15-18-6-4-5-17(2)11-18/h4-14H,3,15-16H2,1-2H3,(H,31,34)(H,32,36)/b23-13+. The second-order valence-corrected chi connectivity index (χ2v) is 9.33. The van der Waals surface area contributed by atoms with Crippen LogP contribution in [0, 0.1) is 12.7 Å². The van der Waals surface area contributed by atoms with Gasteiger partial charge in [-0.2, -0.15) is 0 Å². The molecule has 38 heavy (non-hydrogen) atoms. The Bertz CT molecular complexity index is 1410. The minimum atomic E-state index is -0.501. The highest BCUT2D eigenvalue weighted by Gasteiger charge is 2.33. The molecule has 3 aromatic rings. The molecule has 0 spiro atoms. The zero-order valence-electron chi connectivity index (χ0n) is 20.7. The van der Waals surface area contributed by atoms with Gasteiger partial charge >= 0.3 is 6.03 Å². The lowest BCUT2D eigenvalue weighted by Crippen LogP contribution is -2.30. The van der Waals surface area contributed by atoms with E-state index in [2.05, 4.69) is 26.6 Å². The molecule has 0 saturated carbocycles. The third-order valence-corrected chi connectivity index (χ3v) is 6.09. The van der Waals surface area contributed by atoms with E-state index in [0.717, 1.165) is 16.0 Å². The lowest BCUT2D eigenvalue weighted by Gasteiger charge is -2.15. The number of benzene rings is 3. The summed E-state index contributed by atoms with van der Waals surface area (Å²) in [5, 5.41) is 5.25. The van der Waals surface area contributed by atoms with Gasteiger partial charge in [0.2, 0.25) is 0 Å². The summed E-state index contributed by atoms with van der Waals surface area (Å²) in [4.78, 5) is 38.9. The molecule has 196 valence electrons. The van der Waals surface area contributed by atoms with Gasteiger partial charge in [0, 0.05) is 5.69 Å². The first-order chi connectivity index (χ1) is 18.2. The van der Waals surface area contributed by atoms with Gasteiger partial charge in [0.25, 0.3) is 11.8 Å². The highest BCUT2D eigenvalue weighted by molar-refractivity contribution is 9.10. The van der Waals surface area contributed by atoms with E-state index in [1.54, 1.807) is 25.1 Å². The highest BCUT2D eigenvalue weighted by atomic mass is 79.9. The van der Waals surface area contributed by atoms with Crippen molar-refractivity contribution in [2.75, 3.05) is 18.5 Å². The number of carbonyl (C=O) groups is 3. The summed E-state index contributed by atoms with van der Waals surface area (Å²) in [6.45, 7) is 3.90. The average Bonchev–Trinajstić information content (AvgIpc) is 3.12. The predicted molar refractivity (Wildman–Crippen MR) is 144 cm³/mol. The van der Waals surface area contributed by atoms with Crippen LogP contribution in [0.15, 0.2) is 70.8 Å². The van der Waals surface area contributed by atoms with Crippen LogP contribution in [0.2, 0.25) is 0 Å². The van der Waals surface area contributed by atoms with Crippen molar-refractivity contribution in [2.45, 2.75) is 20.4 Å². The summed E-state index contributed by atoms with van der Waals surface area (Å²) in [5.74, 6) is -0.645. The maximum Gasteiger partial charge on any atom is 0.329 e. The fourth-order valence-corrected chi connectivity index (χ4v) is 4.39. The van der Waals surface area contributed by atoms with Gasteiger partial charge in [-0.3, -0.25) is 14.5 Å². The summed E-state index contributed by atoms with van der Waals surface area (Å²) in [6, 6.07) is 15.8. The van der Waals surface area contributed by atoms with Crippen molar-refractivity contribution in [3.05, 3.63) is 93.3 Å². The van der Waals surface area contributed by atoms with Crippen molar-refractivity contribution in [1.82, 2.24) is 10.2 Å². The molecule has 2 N–H and O–H groups in total. The van der Waals surface area contributed by atoms with Gasteiger partial charge in [0.05, 0.1) is 17.6 Å². The molecule has 0 unspecified atom stereocenters. The lowest BCUT2D eigenvalue weighted by atomic mass is 10.1. The normalized spacial score (nSPS) is 14.0. The molecule has 0 aliphatic carbocycles. The number of hydrogen-bond donors (Lipinski definition) is 2. The smallest absolute Gasteiger partial charge is 0.329 e. The van der Waals surface area contributed by atoms with Gasteiger partial charge in [0.15, 0.2) is 18.1 Å². The SMILES string of the molecule is CCOc1cc(/C=C2/NC(=O)N(Cc3cccc(C)c3)C2=O)cc(Br)c1OCC(=O)Nc1ccc(F)cc1. The van der Waals surface area contributed by atoms with Gasteiger partial charge in [-0.15, -0.1) is 0 Å². The van der Waals surface area contributed by atoms with Gasteiger partial charge in [-0.05, 0) is 83.4 Å². The summed E-state index contributed by atoms with van der Waals surface area (Å²) in [5.41, 5.74) is 3.02. The van der Waals surface area contributed by atoms with Crippen LogP contribution in [0.3, 0.4) is 0 Å². The number of halogens is 2. The third kappa shape index (κ3) is 6.57. The van der Waals surface area contributed by atoms with E-state index in [-0.39, 0.29) is 18.8 Å². The van der Waals surface area contributed by atoms with Crippen molar-refractivity contribution in [1.29, 1.82) is 0 Å². The summed E-state index contributed by atoms with van der Waals surface area (Å²) in [7, 11) is 0. The molecular weight excluding hydrogens is 557 g/mol. The maximum absolute atomic E-state index is 13.1. The van der Waals surface area contributed by atoms with Gasteiger partial charge in [-0.25, -0.2) is 9.18 Å². The average molecular weight is 582 g/mol. The summed E-state index contributed by atoms with van der Waals surface area (Å²) < 4.78 is 25.0. The molecule has 0 bridgehead atoms. The number of rotatable bonds is 9. The summed E-state index contributed by atoms with van der Waals surface area (Å²) in [6.07, 6.45) is 1.55. The van der Waals surface area contributed by atoms with E-state index >= 15 is 0 Å². The van der Waals surface area contributed by atoms with E-state index < -0.39 is 23.7 Å². The molecule has 3 aromatic carbocycles. The van der Waals surface area contributed by atoms with E-state index in [9.17, 15) is 18.8 Å². The number of urea groups is 1. The number of carbonyl (C=O) groups excluding carboxylic acids is 3. The van der Waals surface area contributed by atoms with Crippen LogP contribution >= 0.6 is 15.9 Å². The first-order valence-corrected chi connectivity index (χ1v) is 12.6. The molecule has 4 amide bonds. The van der Waals surface area contributed by atoms with Crippen molar-refractivity contribution < 1.29 is 28.2 Å². The van der Waals surface area contributed by atoms with E-state index in [1.165, 1.54) is 24.3 Å². The number of nitrogens with zero attached hydrogens (tertiary/aromatic N) is 1. The Balaban J connectivity index is 1.48. The molecule has 1 aliphatic rings. The molecular formula is C28H25BrFN3O5. The monoisotopic (exact) mass is 581 g/mol. The molecule has 0 aromatic heterocycles. The first kappa shape index (κ1) is 26.9. The molecule has 4 rings (SSSR count). The number of ether oxygens (including phenoxy) is 2. The number of imide groups is 1. The zero-order valence-corrected chi connectivity index (χ0v) is 22.3. The first-order valence-electron chi connectivity index (χ1n) is 11.8. The van der Waals surface area contributed by atoms with Gasteiger partial charge in [-0.1, -0.05) is 29.8 Å². The van der Waals surface area contributed by atoms with Crippen LogP contribution in [0.25, 0.3) is 6.08 Å². The number of nitrogens with one attached hydrogen (secondary N) is 2. The number of anilines is 1. The topological polar surface area (TPSA) is 97.0 Å². The van der Waals surface area contributed by atoms with Gasteiger partial charge in [0.1, 0.15) is 11.5 Å². The molecule has 0 radical (unpaired) electrons. The highest BCUT2D eigenvalue weighted by Crippen LogP contribution is 2.37. The third-order valence-electron chi connectivity index (χ3n) is 5.50. The van der Waals surface area contributed by atoms with Crippen LogP contribution in [0.1, 0.15) is 23.6 Å². The van der Waals surface area contributed by atoms with E-state index in [1.807, 2.05) is 31.2 Å². The van der Waals surface area contributed by atoms with Crippen molar-refractivity contribution in [3.63, 3.8) is 0 Å². The van der Waals surface area contributed by atoms with Crippen molar-refractivity contribution in [3.8, 4) is 11.5 Å². The quantitative estimate of drug-likeness (QED) is 0.260. The fourth-order valence-electron chi connectivity index (χ4n) is 3.82. The predicted octanol–water partition coefficient (Wildman–Crippen LogP) is 5.41. The van der Waals surface area contributed by atoms with Crippen LogP contribution in [-0.2, 0) is 16.1 Å². The zero-order chi connectivity index (χ0) is 27.2. The molecule has 0 atom stereocenters. The number of amides is 4. The lowest BCUT2D eigenvalue weighted by molar-refractivity contribution is -0.123. The Morgan fingerprint density at radius 1 is 1.11 bits per heavy atom. The Morgan fingerprint density at radius 2 is 1.87 bits per heavy atom. The second-order valence-electron chi connectivity index (χ2n) is 8.48. The second kappa shape index (κ2) is 11.9. The Kier molecular flexibility index (Phi) is 8.42. The minimum Gasteiger partial charge on any atom is -0.490 e. The Hall–Kier alpha value is -4.18. The largest absolute Gasteiger partial charge is 0.490 e. The molecule has 1 fully saturated rings. The van der Waals surface area contributed by atoms with Crippen molar-refractivity contribution >= 4 is 45.5 Å². The Morgan fingerprint density at radius 3 is 2.58 bits per heavy atom.